The topological polar surface area (TPSA) is 66.1 Å². The maximum Gasteiger partial charge on any atom is 0.266 e. The Hall–Kier alpha value is -1.91. The highest BCUT2D eigenvalue weighted by atomic mass is 16.1. The number of hydrogen-bond acceptors (Lipinski definition) is 4. The van der Waals surface area contributed by atoms with Crippen LogP contribution in [0.3, 0.4) is 0 Å². The van der Waals surface area contributed by atoms with E-state index in [0.717, 1.165) is 6.20 Å². The lowest BCUT2D eigenvalue weighted by Gasteiger charge is -2.06. The van der Waals surface area contributed by atoms with Gasteiger partial charge in [0, 0.05) is 20.3 Å². The lowest BCUT2D eigenvalue weighted by Crippen LogP contribution is -2.10. The van der Waals surface area contributed by atoms with Crippen LogP contribution >= 0.6 is 0 Å². The molecule has 0 bridgehead atoms. The number of rotatable bonds is 3. The molecule has 0 aromatic carbocycles. The van der Waals surface area contributed by atoms with Gasteiger partial charge in [-0.05, 0) is 0 Å². The van der Waals surface area contributed by atoms with Crippen LogP contribution in [0.2, 0.25) is 0 Å². The molecule has 0 aliphatic carbocycles. The number of H-pyrrole nitrogens is 1. The maximum atomic E-state index is 10.9. The highest BCUT2D eigenvalue weighted by Gasteiger charge is 2.01. The van der Waals surface area contributed by atoms with Gasteiger partial charge in [-0.3, -0.25) is 14.6 Å². The van der Waals surface area contributed by atoms with E-state index in [1.54, 1.807) is 25.2 Å². The second-order valence-corrected chi connectivity index (χ2v) is 2.98. The summed E-state index contributed by atoms with van der Waals surface area (Å²) in [6.45, 7) is 0. The van der Waals surface area contributed by atoms with E-state index in [4.69, 9.17) is 0 Å². The molecule has 0 spiro atoms. The number of aromatic nitrogens is 2. The summed E-state index contributed by atoms with van der Waals surface area (Å²) in [5.41, 5.74) is 0.482. The average molecular weight is 193 g/mol. The molecule has 0 aliphatic rings. The highest BCUT2D eigenvalue weighted by Crippen LogP contribution is 2.05. The molecular formula is C9H11N3O2. The van der Waals surface area contributed by atoms with Crippen molar-refractivity contribution in [3.63, 3.8) is 0 Å². The summed E-state index contributed by atoms with van der Waals surface area (Å²) in [7, 11) is 3.58. The summed E-state index contributed by atoms with van der Waals surface area (Å²) in [6, 6.07) is 0. The van der Waals surface area contributed by atoms with Gasteiger partial charge >= 0.3 is 0 Å². The third kappa shape index (κ3) is 2.55. The van der Waals surface area contributed by atoms with Crippen LogP contribution in [0, 0.1) is 0 Å². The summed E-state index contributed by atoms with van der Waals surface area (Å²) in [6.07, 6.45) is 4.87. The third-order valence-corrected chi connectivity index (χ3v) is 1.49. The van der Waals surface area contributed by atoms with Gasteiger partial charge in [0.15, 0.2) is 6.29 Å². The second-order valence-electron chi connectivity index (χ2n) is 2.98. The first kappa shape index (κ1) is 10.2. The minimum Gasteiger partial charge on any atom is -0.383 e. The van der Waals surface area contributed by atoms with Gasteiger partial charge < -0.3 is 9.88 Å². The lowest BCUT2D eigenvalue weighted by molar-refractivity contribution is -0.103. The molecule has 1 rings (SSSR count). The molecule has 0 saturated heterocycles. The first-order chi connectivity index (χ1) is 6.63. The van der Waals surface area contributed by atoms with Crippen molar-refractivity contribution in [2.75, 3.05) is 14.1 Å². The summed E-state index contributed by atoms with van der Waals surface area (Å²) in [4.78, 5) is 29.6. The minimum atomic E-state index is -0.325. The number of allylic oxidation sites excluding steroid dienone is 1. The number of carbonyl (C=O) groups is 1. The van der Waals surface area contributed by atoms with Crippen LogP contribution in [0.1, 0.15) is 5.69 Å². The number of nitrogens with zero attached hydrogens (tertiary/aromatic N) is 2. The molecule has 5 nitrogen and oxygen atoms in total. The Balaban J connectivity index is 3.13. The van der Waals surface area contributed by atoms with E-state index in [0.29, 0.717) is 17.6 Å². The van der Waals surface area contributed by atoms with Crippen molar-refractivity contribution in [1.29, 1.82) is 0 Å². The predicted molar refractivity (Wildman–Crippen MR) is 52.6 cm³/mol. The van der Waals surface area contributed by atoms with Crippen molar-refractivity contribution in [3.8, 4) is 0 Å². The van der Waals surface area contributed by atoms with Gasteiger partial charge in [-0.15, -0.1) is 0 Å². The largest absolute Gasteiger partial charge is 0.383 e. The number of carbonyl (C=O) groups excluding carboxylic acids is 1. The second kappa shape index (κ2) is 4.36. The zero-order chi connectivity index (χ0) is 10.6. The molecule has 0 atom stereocenters. The predicted octanol–water partition coefficient (Wildman–Crippen LogP) is -0.129. The average Bonchev–Trinajstić information content (AvgIpc) is 2.14. The van der Waals surface area contributed by atoms with Crippen molar-refractivity contribution < 1.29 is 4.79 Å². The van der Waals surface area contributed by atoms with Gasteiger partial charge in [0.25, 0.3) is 5.56 Å². The molecule has 1 N–H and O–H groups in total. The summed E-state index contributed by atoms with van der Waals surface area (Å²) >= 11 is 0. The fraction of sp³-hybridized carbons (Fsp3) is 0.222. The van der Waals surface area contributed by atoms with Gasteiger partial charge in [-0.2, -0.15) is 0 Å². The summed E-state index contributed by atoms with van der Waals surface area (Å²) < 4.78 is 0. The standard InChI is InChI=1S/C9H11N3O2/c1-12(2)5-7(6-13)8-3-10-4-9(14)11-8/h3-6H,1-2H3,(H,11,14). The van der Waals surface area contributed by atoms with Crippen molar-refractivity contribution in [2.45, 2.75) is 0 Å². The highest BCUT2D eigenvalue weighted by molar-refractivity contribution is 6.05. The monoisotopic (exact) mass is 193 g/mol. The van der Waals surface area contributed by atoms with E-state index >= 15 is 0 Å². The lowest BCUT2D eigenvalue weighted by atomic mass is 10.2. The summed E-state index contributed by atoms with van der Waals surface area (Å²) in [5, 5.41) is 0. The van der Waals surface area contributed by atoms with Crippen molar-refractivity contribution in [3.05, 3.63) is 34.6 Å². The van der Waals surface area contributed by atoms with Crippen LogP contribution in [0.15, 0.2) is 23.4 Å². The molecular weight excluding hydrogens is 182 g/mol. The molecule has 0 radical (unpaired) electrons. The van der Waals surface area contributed by atoms with Crippen LogP contribution in [-0.2, 0) is 4.79 Å². The molecule has 5 heteroatoms. The molecule has 1 aromatic rings. The molecule has 14 heavy (non-hydrogen) atoms. The van der Waals surface area contributed by atoms with Crippen LogP contribution in [-0.4, -0.2) is 35.2 Å². The zero-order valence-electron chi connectivity index (χ0n) is 8.02. The third-order valence-electron chi connectivity index (χ3n) is 1.49. The van der Waals surface area contributed by atoms with Crippen LogP contribution in [0.25, 0.3) is 5.57 Å². The van der Waals surface area contributed by atoms with Crippen molar-refractivity contribution in [1.82, 2.24) is 14.9 Å². The van der Waals surface area contributed by atoms with E-state index in [2.05, 4.69) is 9.97 Å². The number of nitrogens with one attached hydrogen (secondary N) is 1. The summed E-state index contributed by atoms with van der Waals surface area (Å²) in [5.74, 6) is 0. The fourth-order valence-corrected chi connectivity index (χ4v) is 0.965. The van der Waals surface area contributed by atoms with Gasteiger partial charge in [0.1, 0.15) is 0 Å². The smallest absolute Gasteiger partial charge is 0.266 e. The van der Waals surface area contributed by atoms with Gasteiger partial charge in [0.2, 0.25) is 0 Å². The Morgan fingerprint density at radius 1 is 1.50 bits per heavy atom. The first-order valence-electron chi connectivity index (χ1n) is 4.01. The molecule has 74 valence electrons. The number of aldehydes is 1. The number of hydrogen-bond donors (Lipinski definition) is 1. The van der Waals surface area contributed by atoms with E-state index in [1.165, 1.54) is 6.20 Å². The first-order valence-corrected chi connectivity index (χ1v) is 4.01. The maximum absolute atomic E-state index is 10.9. The van der Waals surface area contributed by atoms with Crippen LogP contribution in [0.4, 0.5) is 0 Å². The van der Waals surface area contributed by atoms with E-state index < -0.39 is 0 Å². The van der Waals surface area contributed by atoms with Gasteiger partial charge in [-0.25, -0.2) is 0 Å². The molecule has 1 heterocycles. The molecule has 0 saturated carbocycles. The Morgan fingerprint density at radius 3 is 2.71 bits per heavy atom. The normalized spacial score (nSPS) is 11.1. The van der Waals surface area contributed by atoms with E-state index in [-0.39, 0.29) is 5.56 Å². The Morgan fingerprint density at radius 2 is 2.21 bits per heavy atom. The quantitative estimate of drug-likeness (QED) is 0.536. The molecule has 1 aromatic heterocycles. The fourth-order valence-electron chi connectivity index (χ4n) is 0.965. The Kier molecular flexibility index (Phi) is 3.17. The Bertz CT molecular complexity index is 407. The van der Waals surface area contributed by atoms with Crippen LogP contribution in [0.5, 0.6) is 0 Å². The van der Waals surface area contributed by atoms with E-state index in [9.17, 15) is 9.59 Å². The molecule has 0 amide bonds. The zero-order valence-corrected chi connectivity index (χ0v) is 8.02. The minimum absolute atomic E-state index is 0.325. The van der Waals surface area contributed by atoms with E-state index in [1.807, 2.05) is 0 Å². The Labute approximate surface area is 81.1 Å². The SMILES string of the molecule is CN(C)C=C(C=O)c1cncc(=O)[nH]1. The van der Waals surface area contributed by atoms with Crippen LogP contribution < -0.4 is 5.56 Å². The van der Waals surface area contributed by atoms with Crippen molar-refractivity contribution >= 4 is 11.9 Å². The number of aromatic amines is 1. The van der Waals surface area contributed by atoms with Gasteiger partial charge in [0.05, 0.1) is 23.7 Å². The molecule has 0 unspecified atom stereocenters. The molecule has 0 fully saturated rings. The van der Waals surface area contributed by atoms with Gasteiger partial charge in [-0.1, -0.05) is 0 Å². The van der Waals surface area contributed by atoms with Crippen molar-refractivity contribution in [2.24, 2.45) is 0 Å². The molecule has 0 aliphatic heterocycles.